The lowest BCUT2D eigenvalue weighted by Crippen LogP contribution is -1.97. The molecule has 0 aliphatic heterocycles. The molecule has 122 heavy (non-hydrogen) atoms. The summed E-state index contributed by atoms with van der Waals surface area (Å²) in [5, 5.41) is 19.0. The molecule has 8 heteroatoms. The third-order valence-corrected chi connectivity index (χ3v) is 24.1. The fraction of sp³-hybridized carbons (Fsp3) is 0. The van der Waals surface area contributed by atoms with Gasteiger partial charge in [-0.2, -0.15) is 0 Å². The summed E-state index contributed by atoms with van der Waals surface area (Å²) < 4.78 is 4.65. The standard InChI is InChI=1S/C61H38N4.C53H34N4/c1-3-16-39(17-4-1)55-37-56(52-35-40-18-7-8-23-45(40)46-24-9-10-25-47(46)52)64-61(63-55)43-20-15-19-41(34-43)59-48-26-11-13-28-50(48)60(51-29-14-12-27-49(51)59)42-30-31-57-53(36-42)54-38-62-33-32-58(54)65(57)44-21-5-2-6-22-44;1-4-15-35(16-5-1)47-33-48(37-27-28-49-45(32-37)46-34-54-30-29-50(46)57(49)40-21-8-3-9-22-40)56-53(55-47)39-20-14-19-38(31-39)52-43-25-12-10-23-41(43)51(36-17-6-2-7-18-36)42-24-11-13-26-44(42)52/h1-38H;1-34H. The summed E-state index contributed by atoms with van der Waals surface area (Å²) in [6, 6.07) is 147. The Balaban J connectivity index is 0.000000143. The zero-order valence-corrected chi connectivity index (χ0v) is 66.1. The van der Waals surface area contributed by atoms with E-state index in [1.54, 1.807) is 0 Å². The van der Waals surface area contributed by atoms with E-state index < -0.39 is 0 Å². The van der Waals surface area contributed by atoms with Crippen LogP contribution in [-0.2, 0) is 0 Å². The number of hydrogen-bond donors (Lipinski definition) is 0. The van der Waals surface area contributed by atoms with Gasteiger partial charge in [0, 0.05) is 91.1 Å². The second-order valence-corrected chi connectivity index (χ2v) is 31.1. The Bertz CT molecular complexity index is 8130. The van der Waals surface area contributed by atoms with E-state index in [-0.39, 0.29) is 0 Å². The lowest BCUT2D eigenvalue weighted by Gasteiger charge is -2.18. The Kier molecular flexibility index (Phi) is 17.4. The minimum absolute atomic E-state index is 0.677. The van der Waals surface area contributed by atoms with Gasteiger partial charge < -0.3 is 9.13 Å². The predicted molar refractivity (Wildman–Crippen MR) is 508 cm³/mol. The Hall–Kier alpha value is -16.4. The number of rotatable bonds is 12. The van der Waals surface area contributed by atoms with Crippen molar-refractivity contribution in [3.8, 4) is 124 Å². The largest absolute Gasteiger partial charge is 0.309 e. The average Bonchev–Trinajstić information content (AvgIpc) is 1.16. The fourth-order valence-corrected chi connectivity index (χ4v) is 18.7. The molecule has 0 amide bonds. The van der Waals surface area contributed by atoms with Crippen LogP contribution in [0.2, 0.25) is 0 Å². The minimum atomic E-state index is 0.677. The number of benzene rings is 18. The van der Waals surface area contributed by atoms with Crippen LogP contribution < -0.4 is 0 Å². The molecular weight excluding hydrogens is 1480 g/mol. The molecule has 24 aromatic rings. The number of aromatic nitrogens is 8. The molecule has 0 N–H and O–H groups in total. The van der Waals surface area contributed by atoms with Crippen LogP contribution in [0.15, 0.2) is 437 Å². The maximum Gasteiger partial charge on any atom is 0.160 e. The number of fused-ring (bicyclic) bond motifs is 13. The van der Waals surface area contributed by atoms with E-state index in [1.807, 2.05) is 36.9 Å². The van der Waals surface area contributed by atoms with Crippen molar-refractivity contribution in [2.24, 2.45) is 0 Å². The molecule has 18 aromatic carbocycles. The zero-order chi connectivity index (χ0) is 80.6. The Morgan fingerprint density at radius 3 is 0.934 bits per heavy atom. The van der Waals surface area contributed by atoms with Gasteiger partial charge in [-0.1, -0.05) is 322 Å². The van der Waals surface area contributed by atoms with E-state index in [4.69, 9.17) is 19.9 Å². The lowest BCUT2D eigenvalue weighted by atomic mass is 9.85. The molecule has 6 aromatic heterocycles. The molecule has 0 radical (unpaired) electrons. The van der Waals surface area contributed by atoms with Gasteiger partial charge in [0.1, 0.15) is 0 Å². The Morgan fingerprint density at radius 1 is 0.172 bits per heavy atom. The molecule has 0 unspecified atom stereocenters. The van der Waals surface area contributed by atoms with Crippen LogP contribution in [-0.4, -0.2) is 39.0 Å². The van der Waals surface area contributed by atoms with Crippen LogP contribution >= 0.6 is 0 Å². The molecule has 6 heterocycles. The molecule has 0 bridgehead atoms. The molecule has 0 fully saturated rings. The molecule has 0 aliphatic carbocycles. The molecule has 0 aliphatic rings. The van der Waals surface area contributed by atoms with Crippen LogP contribution in [0.1, 0.15) is 0 Å². The first-order chi connectivity index (χ1) is 60.5. The topological polar surface area (TPSA) is 87.2 Å². The average molecular weight is 1550 g/mol. The summed E-state index contributed by atoms with van der Waals surface area (Å²) >= 11 is 0. The van der Waals surface area contributed by atoms with Gasteiger partial charge in [-0.3, -0.25) is 9.97 Å². The van der Waals surface area contributed by atoms with Gasteiger partial charge >= 0.3 is 0 Å². The quantitative estimate of drug-likeness (QED) is 0.0895. The first kappa shape index (κ1) is 70.9. The normalized spacial score (nSPS) is 11.6. The van der Waals surface area contributed by atoms with Gasteiger partial charge in [0.25, 0.3) is 0 Å². The Labute approximate surface area is 703 Å². The molecule has 24 rings (SSSR count). The van der Waals surface area contributed by atoms with E-state index >= 15 is 0 Å². The molecule has 568 valence electrons. The first-order valence-electron chi connectivity index (χ1n) is 41.4. The van der Waals surface area contributed by atoms with Crippen molar-refractivity contribution < 1.29 is 0 Å². The summed E-state index contributed by atoms with van der Waals surface area (Å²) in [7, 11) is 0. The first-order valence-corrected chi connectivity index (χ1v) is 41.4. The molecule has 0 atom stereocenters. The van der Waals surface area contributed by atoms with E-state index in [0.717, 1.165) is 117 Å². The molecular formula is C114H72N8. The van der Waals surface area contributed by atoms with E-state index in [0.29, 0.717) is 11.6 Å². The monoisotopic (exact) mass is 1550 g/mol. The van der Waals surface area contributed by atoms with Crippen LogP contribution in [0.3, 0.4) is 0 Å². The van der Waals surface area contributed by atoms with Gasteiger partial charge in [-0.05, 0) is 200 Å². The number of nitrogens with zero attached hydrogens (tertiary/aromatic N) is 8. The van der Waals surface area contributed by atoms with Crippen molar-refractivity contribution in [3.63, 3.8) is 0 Å². The van der Waals surface area contributed by atoms with Crippen molar-refractivity contribution in [2.45, 2.75) is 0 Å². The second kappa shape index (κ2) is 29.9. The summed E-state index contributed by atoms with van der Waals surface area (Å²) in [5.74, 6) is 1.36. The van der Waals surface area contributed by atoms with Crippen LogP contribution in [0.4, 0.5) is 0 Å². The van der Waals surface area contributed by atoms with Gasteiger partial charge in [0.2, 0.25) is 0 Å². The van der Waals surface area contributed by atoms with Crippen molar-refractivity contribution in [1.29, 1.82) is 0 Å². The van der Waals surface area contributed by atoms with Gasteiger partial charge in [0.15, 0.2) is 11.6 Å². The van der Waals surface area contributed by atoms with Crippen molar-refractivity contribution in [2.75, 3.05) is 0 Å². The van der Waals surface area contributed by atoms with E-state index in [2.05, 4.69) is 419 Å². The highest BCUT2D eigenvalue weighted by Crippen LogP contribution is 2.49. The smallest absolute Gasteiger partial charge is 0.160 e. The molecule has 0 saturated carbocycles. The van der Waals surface area contributed by atoms with Crippen molar-refractivity contribution in [3.05, 3.63) is 437 Å². The number of para-hydroxylation sites is 2. The summed E-state index contributed by atoms with van der Waals surface area (Å²) in [5.41, 5.74) is 25.9. The van der Waals surface area contributed by atoms with E-state index in [9.17, 15) is 0 Å². The van der Waals surface area contributed by atoms with Crippen molar-refractivity contribution >= 4 is 108 Å². The molecule has 0 spiro atoms. The molecule has 8 nitrogen and oxygen atoms in total. The van der Waals surface area contributed by atoms with Gasteiger partial charge in [0.05, 0.1) is 44.8 Å². The van der Waals surface area contributed by atoms with Crippen LogP contribution in [0, 0.1) is 0 Å². The minimum Gasteiger partial charge on any atom is -0.309 e. The van der Waals surface area contributed by atoms with E-state index in [1.165, 1.54) is 103 Å². The highest BCUT2D eigenvalue weighted by molar-refractivity contribution is 6.24. The Morgan fingerprint density at radius 2 is 0.484 bits per heavy atom. The summed E-state index contributed by atoms with van der Waals surface area (Å²) in [6.45, 7) is 0. The maximum atomic E-state index is 5.42. The van der Waals surface area contributed by atoms with Gasteiger partial charge in [-0.25, -0.2) is 19.9 Å². The third kappa shape index (κ3) is 12.3. The summed E-state index contributed by atoms with van der Waals surface area (Å²) in [4.78, 5) is 30.4. The van der Waals surface area contributed by atoms with Crippen molar-refractivity contribution in [1.82, 2.24) is 39.0 Å². The third-order valence-electron chi connectivity index (χ3n) is 24.1. The highest BCUT2D eigenvalue weighted by Gasteiger charge is 2.24. The zero-order valence-electron chi connectivity index (χ0n) is 66.1. The fourth-order valence-electron chi connectivity index (χ4n) is 18.7. The second-order valence-electron chi connectivity index (χ2n) is 31.1. The van der Waals surface area contributed by atoms with Crippen LogP contribution in [0.25, 0.3) is 232 Å². The maximum absolute atomic E-state index is 5.42. The number of pyridine rings is 2. The highest BCUT2D eigenvalue weighted by atomic mass is 15.0. The number of hydrogen-bond acceptors (Lipinski definition) is 6. The lowest BCUT2D eigenvalue weighted by molar-refractivity contribution is 1.17. The molecule has 0 saturated heterocycles. The van der Waals surface area contributed by atoms with Gasteiger partial charge in [-0.15, -0.1) is 0 Å². The predicted octanol–water partition coefficient (Wildman–Crippen LogP) is 29.5. The SMILES string of the molecule is c1ccc(-c2cc(-c3cc4ccccc4c4ccccc34)nc(-c3cccc(-c4c5ccccc5c(-c5ccc6c(c5)c5cnccc5n6-c5ccccc5)c5ccccc45)c3)n2)cc1.c1ccc(-c2cc(-c3ccc4c(c3)c3cnccc3n4-c3ccccc3)nc(-c3cccc(-c4c5ccccc5c(-c5ccccc5)c5ccccc45)c3)n2)cc1. The van der Waals surface area contributed by atoms with Crippen LogP contribution in [0.5, 0.6) is 0 Å². The summed E-state index contributed by atoms with van der Waals surface area (Å²) in [6.07, 6.45) is 7.71.